The lowest BCUT2D eigenvalue weighted by molar-refractivity contribution is 0.221. The lowest BCUT2D eigenvalue weighted by Crippen LogP contribution is -2.31. The number of ether oxygens (including phenoxy) is 1. The maximum atomic E-state index is 5.80. The molecular weight excluding hydrogens is 272 g/mol. The van der Waals surface area contributed by atoms with E-state index in [1.54, 1.807) is 0 Å². The molecule has 1 heterocycles. The molecule has 3 heteroatoms. The van der Waals surface area contributed by atoms with Gasteiger partial charge in [0.2, 0.25) is 0 Å². The van der Waals surface area contributed by atoms with Crippen LogP contribution in [-0.4, -0.2) is 24.6 Å². The second kappa shape index (κ2) is 7.43. The summed E-state index contributed by atoms with van der Waals surface area (Å²) in [5, 5.41) is 0. The molecule has 0 bridgehead atoms. The molecule has 0 aromatic heterocycles. The van der Waals surface area contributed by atoms with Crippen molar-refractivity contribution in [1.82, 2.24) is 4.90 Å². The smallest absolute Gasteiger partial charge is 0.119 e. The fraction of sp³-hybridized carbons (Fsp3) is 0.368. The van der Waals surface area contributed by atoms with Crippen molar-refractivity contribution in [2.24, 2.45) is 5.73 Å². The Morgan fingerprint density at radius 3 is 2.55 bits per heavy atom. The van der Waals surface area contributed by atoms with Crippen molar-refractivity contribution in [2.45, 2.75) is 25.9 Å². The van der Waals surface area contributed by atoms with E-state index >= 15 is 0 Å². The third-order valence-corrected chi connectivity index (χ3v) is 4.26. The van der Waals surface area contributed by atoms with Gasteiger partial charge >= 0.3 is 0 Å². The van der Waals surface area contributed by atoms with Crippen LogP contribution in [0.4, 0.5) is 0 Å². The third kappa shape index (κ3) is 3.87. The Balaban J connectivity index is 1.40. The molecular formula is C19H24N2O. The van der Waals surface area contributed by atoms with Crippen LogP contribution in [0.3, 0.4) is 0 Å². The molecule has 1 aliphatic heterocycles. The number of nitrogens with two attached hydrogens (primary N) is 1. The molecule has 3 rings (SSSR count). The number of nitrogens with zero attached hydrogens (tertiary/aromatic N) is 1. The Kier molecular flexibility index (Phi) is 5.09. The lowest BCUT2D eigenvalue weighted by atomic mass is 10.00. The Morgan fingerprint density at radius 2 is 1.77 bits per heavy atom. The molecule has 0 aliphatic carbocycles. The second-order valence-corrected chi connectivity index (χ2v) is 5.84. The molecule has 22 heavy (non-hydrogen) atoms. The van der Waals surface area contributed by atoms with Crippen LogP contribution < -0.4 is 10.5 Å². The Labute approximate surface area is 132 Å². The van der Waals surface area contributed by atoms with Crippen LogP contribution in [0.15, 0.2) is 48.5 Å². The summed E-state index contributed by atoms with van der Waals surface area (Å²) in [5.41, 5.74) is 9.72. The monoisotopic (exact) mass is 296 g/mol. The summed E-state index contributed by atoms with van der Waals surface area (Å²) in [6, 6.07) is 16.8. The van der Waals surface area contributed by atoms with Gasteiger partial charge in [-0.15, -0.1) is 0 Å². The number of fused-ring (bicyclic) bond motifs is 1. The summed E-state index contributed by atoms with van der Waals surface area (Å²) in [5.74, 6) is 0.932. The highest BCUT2D eigenvalue weighted by atomic mass is 16.5. The first-order valence-corrected chi connectivity index (χ1v) is 8.06. The highest BCUT2D eigenvalue weighted by molar-refractivity contribution is 5.29. The Bertz CT molecular complexity index is 595. The van der Waals surface area contributed by atoms with Crippen LogP contribution in [0.2, 0.25) is 0 Å². The predicted molar refractivity (Wildman–Crippen MR) is 89.9 cm³/mol. The van der Waals surface area contributed by atoms with E-state index in [0.29, 0.717) is 6.54 Å². The SMILES string of the molecule is NCc1ccc(OCCCN2CCc3ccccc3C2)cc1. The molecule has 2 aromatic carbocycles. The topological polar surface area (TPSA) is 38.5 Å². The van der Waals surface area contributed by atoms with Crippen molar-refractivity contribution < 1.29 is 4.74 Å². The van der Waals surface area contributed by atoms with Gasteiger partial charge in [0.05, 0.1) is 6.61 Å². The van der Waals surface area contributed by atoms with Crippen LogP contribution in [0.25, 0.3) is 0 Å². The van der Waals surface area contributed by atoms with Gasteiger partial charge in [0.1, 0.15) is 5.75 Å². The number of rotatable bonds is 6. The molecule has 0 amide bonds. The maximum absolute atomic E-state index is 5.80. The van der Waals surface area contributed by atoms with Gasteiger partial charge < -0.3 is 10.5 Å². The minimum Gasteiger partial charge on any atom is -0.494 e. The van der Waals surface area contributed by atoms with Gasteiger partial charge in [0.25, 0.3) is 0 Å². The molecule has 1 aliphatic rings. The molecule has 3 nitrogen and oxygen atoms in total. The molecule has 0 radical (unpaired) electrons. The third-order valence-electron chi connectivity index (χ3n) is 4.26. The maximum Gasteiger partial charge on any atom is 0.119 e. The van der Waals surface area contributed by atoms with Crippen LogP contribution in [0.1, 0.15) is 23.1 Å². The van der Waals surface area contributed by atoms with E-state index in [2.05, 4.69) is 29.2 Å². The standard InChI is InChI=1S/C19H24N2O/c20-14-16-6-8-19(9-7-16)22-13-3-11-21-12-10-17-4-1-2-5-18(17)15-21/h1-2,4-9H,3,10-15,20H2. The molecule has 0 spiro atoms. The van der Waals surface area contributed by atoms with Gasteiger partial charge in [-0.05, 0) is 41.7 Å². The zero-order chi connectivity index (χ0) is 15.2. The van der Waals surface area contributed by atoms with E-state index in [1.807, 2.05) is 24.3 Å². The van der Waals surface area contributed by atoms with E-state index in [0.717, 1.165) is 50.4 Å². The average molecular weight is 296 g/mol. The Hall–Kier alpha value is -1.84. The molecule has 0 atom stereocenters. The zero-order valence-corrected chi connectivity index (χ0v) is 13.0. The van der Waals surface area contributed by atoms with Crippen LogP contribution in [0, 0.1) is 0 Å². The fourth-order valence-electron chi connectivity index (χ4n) is 2.94. The van der Waals surface area contributed by atoms with Crippen LogP contribution >= 0.6 is 0 Å². The van der Waals surface area contributed by atoms with Gasteiger partial charge in [-0.25, -0.2) is 0 Å². The predicted octanol–water partition coefficient (Wildman–Crippen LogP) is 2.97. The van der Waals surface area contributed by atoms with Gasteiger partial charge in [-0.2, -0.15) is 0 Å². The van der Waals surface area contributed by atoms with Crippen molar-refractivity contribution >= 4 is 0 Å². The zero-order valence-electron chi connectivity index (χ0n) is 13.0. The molecule has 116 valence electrons. The second-order valence-electron chi connectivity index (χ2n) is 5.84. The lowest BCUT2D eigenvalue weighted by Gasteiger charge is -2.28. The van der Waals surface area contributed by atoms with Crippen LogP contribution in [-0.2, 0) is 19.5 Å². The molecule has 0 saturated heterocycles. The van der Waals surface area contributed by atoms with Crippen molar-refractivity contribution in [2.75, 3.05) is 19.7 Å². The molecule has 2 aromatic rings. The van der Waals surface area contributed by atoms with Crippen molar-refractivity contribution in [1.29, 1.82) is 0 Å². The molecule has 2 N–H and O–H groups in total. The summed E-state index contributed by atoms with van der Waals surface area (Å²) < 4.78 is 5.80. The summed E-state index contributed by atoms with van der Waals surface area (Å²) in [6.45, 7) is 4.66. The summed E-state index contributed by atoms with van der Waals surface area (Å²) in [7, 11) is 0. The summed E-state index contributed by atoms with van der Waals surface area (Å²) >= 11 is 0. The van der Waals surface area contributed by atoms with Crippen molar-refractivity contribution in [3.8, 4) is 5.75 Å². The highest BCUT2D eigenvalue weighted by Crippen LogP contribution is 2.18. The minimum atomic E-state index is 0.580. The first kappa shape index (κ1) is 15.1. The van der Waals surface area contributed by atoms with Gasteiger partial charge in [-0.1, -0.05) is 36.4 Å². The Morgan fingerprint density at radius 1 is 1.00 bits per heavy atom. The fourth-order valence-corrected chi connectivity index (χ4v) is 2.94. The average Bonchev–Trinajstić information content (AvgIpc) is 2.59. The number of hydrogen-bond donors (Lipinski definition) is 1. The van der Waals surface area contributed by atoms with E-state index in [4.69, 9.17) is 10.5 Å². The van der Waals surface area contributed by atoms with E-state index in [-0.39, 0.29) is 0 Å². The summed E-state index contributed by atoms with van der Waals surface area (Å²) in [4.78, 5) is 2.52. The van der Waals surface area contributed by atoms with Crippen molar-refractivity contribution in [3.63, 3.8) is 0 Å². The quantitative estimate of drug-likeness (QED) is 0.833. The van der Waals surface area contributed by atoms with Crippen LogP contribution in [0.5, 0.6) is 5.75 Å². The number of hydrogen-bond acceptors (Lipinski definition) is 3. The van der Waals surface area contributed by atoms with Gasteiger partial charge in [0.15, 0.2) is 0 Å². The highest BCUT2D eigenvalue weighted by Gasteiger charge is 2.14. The van der Waals surface area contributed by atoms with E-state index in [9.17, 15) is 0 Å². The molecule has 0 saturated carbocycles. The molecule has 0 fully saturated rings. The first-order valence-electron chi connectivity index (χ1n) is 8.06. The molecule has 0 unspecified atom stereocenters. The van der Waals surface area contributed by atoms with Crippen molar-refractivity contribution in [3.05, 3.63) is 65.2 Å². The normalized spacial score (nSPS) is 14.6. The minimum absolute atomic E-state index is 0.580. The summed E-state index contributed by atoms with van der Waals surface area (Å²) in [6.07, 6.45) is 2.22. The largest absolute Gasteiger partial charge is 0.494 e. The number of benzene rings is 2. The first-order chi connectivity index (χ1) is 10.8. The van der Waals surface area contributed by atoms with E-state index < -0.39 is 0 Å². The van der Waals surface area contributed by atoms with Gasteiger partial charge in [-0.3, -0.25) is 4.90 Å². The van der Waals surface area contributed by atoms with E-state index in [1.165, 1.54) is 11.1 Å². The van der Waals surface area contributed by atoms with Gasteiger partial charge in [0, 0.05) is 26.2 Å².